The number of aliphatic hydroxyl groups excluding tert-OH is 1. The molecule has 0 bridgehead atoms. The second-order valence-corrected chi connectivity index (χ2v) is 6.39. The van der Waals surface area contributed by atoms with Crippen LogP contribution in [0.5, 0.6) is 11.5 Å². The van der Waals surface area contributed by atoms with E-state index in [1.54, 1.807) is 61.7 Å². The molecule has 150 valence electrons. The molecule has 2 aromatic carbocycles. The molecule has 3 N–H and O–H groups in total. The van der Waals surface area contributed by atoms with Crippen LogP contribution in [0.25, 0.3) is 11.3 Å². The van der Waals surface area contributed by atoms with Gasteiger partial charge in [0.15, 0.2) is 5.11 Å². The van der Waals surface area contributed by atoms with E-state index in [1.165, 1.54) is 7.11 Å². The van der Waals surface area contributed by atoms with Crippen LogP contribution in [0.15, 0.2) is 59.0 Å². The molecule has 0 unspecified atom stereocenters. The zero-order valence-corrected chi connectivity index (χ0v) is 16.7. The van der Waals surface area contributed by atoms with E-state index in [4.69, 9.17) is 26.1 Å². The fourth-order valence-corrected chi connectivity index (χ4v) is 2.90. The van der Waals surface area contributed by atoms with Gasteiger partial charge in [0.25, 0.3) is 5.91 Å². The van der Waals surface area contributed by atoms with E-state index in [2.05, 4.69) is 10.6 Å². The molecule has 0 aliphatic rings. The van der Waals surface area contributed by atoms with Crippen LogP contribution < -0.4 is 20.1 Å². The maximum atomic E-state index is 12.4. The van der Waals surface area contributed by atoms with Gasteiger partial charge in [0, 0.05) is 11.3 Å². The molecule has 0 fully saturated rings. The topological polar surface area (TPSA) is 93.0 Å². The Morgan fingerprint density at radius 1 is 1.10 bits per heavy atom. The molecule has 0 atom stereocenters. The summed E-state index contributed by atoms with van der Waals surface area (Å²) in [6.45, 7) is -0.194. The first kappa shape index (κ1) is 20.4. The van der Waals surface area contributed by atoms with Crippen LogP contribution in [0.3, 0.4) is 0 Å². The molecule has 3 aromatic rings. The van der Waals surface area contributed by atoms with Crippen LogP contribution in [0.2, 0.25) is 0 Å². The van der Waals surface area contributed by atoms with Gasteiger partial charge in [0.1, 0.15) is 29.6 Å². The number of benzene rings is 2. The molecule has 1 aromatic heterocycles. The van der Waals surface area contributed by atoms with Crippen molar-refractivity contribution >= 4 is 28.9 Å². The number of hydrogen-bond donors (Lipinski definition) is 3. The molecule has 3 rings (SSSR count). The number of thiocarbonyl (C=S) groups is 1. The van der Waals surface area contributed by atoms with E-state index in [-0.39, 0.29) is 17.6 Å². The standard InChI is InChI=1S/C21H20N2O5S/c1-26-15-5-3-4-13(10-15)20(25)23-21(29)22-14-6-8-18(27-2)17(11-14)19-9-7-16(12-24)28-19/h3-11,24H,12H2,1-2H3,(H2,22,23,25,29). The maximum absolute atomic E-state index is 12.4. The Bertz CT molecular complexity index is 1030. The maximum Gasteiger partial charge on any atom is 0.257 e. The number of anilines is 1. The first-order valence-corrected chi connectivity index (χ1v) is 9.09. The van der Waals surface area contributed by atoms with Crippen molar-refractivity contribution in [3.05, 3.63) is 65.9 Å². The minimum absolute atomic E-state index is 0.143. The largest absolute Gasteiger partial charge is 0.497 e. The van der Waals surface area contributed by atoms with Gasteiger partial charge in [0.05, 0.1) is 19.8 Å². The number of aliphatic hydroxyl groups is 1. The lowest BCUT2D eigenvalue weighted by atomic mass is 10.1. The Kier molecular flexibility index (Phi) is 6.48. The van der Waals surface area contributed by atoms with Crippen molar-refractivity contribution < 1.29 is 23.8 Å². The molecule has 0 saturated heterocycles. The summed E-state index contributed by atoms with van der Waals surface area (Å²) in [5, 5.41) is 15.0. The molecule has 0 spiro atoms. The first-order chi connectivity index (χ1) is 14.0. The van der Waals surface area contributed by atoms with Crippen molar-refractivity contribution in [2.24, 2.45) is 0 Å². The average Bonchev–Trinajstić information content (AvgIpc) is 3.22. The van der Waals surface area contributed by atoms with Crippen LogP contribution in [-0.2, 0) is 6.61 Å². The lowest BCUT2D eigenvalue weighted by molar-refractivity contribution is 0.0977. The van der Waals surface area contributed by atoms with Gasteiger partial charge < -0.3 is 24.3 Å². The Labute approximate surface area is 173 Å². The van der Waals surface area contributed by atoms with Crippen molar-refractivity contribution in [3.63, 3.8) is 0 Å². The van der Waals surface area contributed by atoms with Gasteiger partial charge in [-0.2, -0.15) is 0 Å². The number of amides is 1. The van der Waals surface area contributed by atoms with E-state index in [9.17, 15) is 9.90 Å². The van der Waals surface area contributed by atoms with Gasteiger partial charge >= 0.3 is 0 Å². The summed E-state index contributed by atoms with van der Waals surface area (Å²) >= 11 is 5.26. The fraction of sp³-hybridized carbons (Fsp3) is 0.143. The summed E-state index contributed by atoms with van der Waals surface area (Å²) in [7, 11) is 3.09. The normalized spacial score (nSPS) is 10.3. The van der Waals surface area contributed by atoms with Gasteiger partial charge in [-0.25, -0.2) is 0 Å². The van der Waals surface area contributed by atoms with E-state index >= 15 is 0 Å². The fourth-order valence-electron chi connectivity index (χ4n) is 2.69. The summed E-state index contributed by atoms with van der Waals surface area (Å²) < 4.78 is 16.1. The molecule has 1 amide bonds. The zero-order valence-electron chi connectivity index (χ0n) is 15.9. The SMILES string of the molecule is COc1cccc(C(=O)NC(=S)Nc2ccc(OC)c(-c3ccc(CO)o3)c2)c1. The average molecular weight is 412 g/mol. The highest BCUT2D eigenvalue weighted by atomic mass is 32.1. The van der Waals surface area contributed by atoms with Crippen LogP contribution in [-0.4, -0.2) is 30.3 Å². The molecule has 8 heteroatoms. The minimum Gasteiger partial charge on any atom is -0.497 e. The van der Waals surface area contributed by atoms with E-state index in [0.29, 0.717) is 39.8 Å². The first-order valence-electron chi connectivity index (χ1n) is 8.68. The predicted octanol–water partition coefficient (Wildman–Crippen LogP) is 3.58. The van der Waals surface area contributed by atoms with Crippen molar-refractivity contribution in [1.29, 1.82) is 0 Å². The van der Waals surface area contributed by atoms with Crippen molar-refractivity contribution in [1.82, 2.24) is 5.32 Å². The van der Waals surface area contributed by atoms with Crippen LogP contribution in [0, 0.1) is 0 Å². The van der Waals surface area contributed by atoms with Crippen LogP contribution in [0.1, 0.15) is 16.1 Å². The molecule has 1 heterocycles. The highest BCUT2D eigenvalue weighted by molar-refractivity contribution is 7.80. The summed E-state index contributed by atoms with van der Waals surface area (Å²) in [5.74, 6) is 1.81. The summed E-state index contributed by atoms with van der Waals surface area (Å²) in [6.07, 6.45) is 0. The Morgan fingerprint density at radius 2 is 1.93 bits per heavy atom. The van der Waals surface area contributed by atoms with Crippen molar-refractivity contribution in [2.45, 2.75) is 6.61 Å². The lowest BCUT2D eigenvalue weighted by Gasteiger charge is -2.13. The third-order valence-corrected chi connectivity index (χ3v) is 4.30. The molecule has 0 radical (unpaired) electrons. The summed E-state index contributed by atoms with van der Waals surface area (Å²) in [5.41, 5.74) is 1.74. The van der Waals surface area contributed by atoms with Gasteiger partial charge in [0.2, 0.25) is 0 Å². The number of nitrogens with one attached hydrogen (secondary N) is 2. The van der Waals surface area contributed by atoms with E-state index < -0.39 is 0 Å². The molecular weight excluding hydrogens is 392 g/mol. The van der Waals surface area contributed by atoms with Crippen molar-refractivity contribution in [3.8, 4) is 22.8 Å². The molecule has 0 aliphatic heterocycles. The van der Waals surface area contributed by atoms with E-state index in [1.807, 2.05) is 0 Å². The van der Waals surface area contributed by atoms with Crippen LogP contribution >= 0.6 is 12.2 Å². The number of furan rings is 1. The monoisotopic (exact) mass is 412 g/mol. The lowest BCUT2D eigenvalue weighted by Crippen LogP contribution is -2.34. The number of ether oxygens (including phenoxy) is 2. The molecule has 0 aliphatic carbocycles. The highest BCUT2D eigenvalue weighted by Gasteiger charge is 2.13. The van der Waals surface area contributed by atoms with E-state index in [0.717, 1.165) is 0 Å². The number of rotatable bonds is 6. The predicted molar refractivity (Wildman–Crippen MR) is 113 cm³/mol. The number of carbonyl (C=O) groups excluding carboxylic acids is 1. The third-order valence-electron chi connectivity index (χ3n) is 4.10. The number of hydrogen-bond acceptors (Lipinski definition) is 6. The van der Waals surface area contributed by atoms with Gasteiger partial charge in [-0.1, -0.05) is 6.07 Å². The van der Waals surface area contributed by atoms with Gasteiger partial charge in [-0.15, -0.1) is 0 Å². The number of carbonyl (C=O) groups is 1. The second-order valence-electron chi connectivity index (χ2n) is 5.98. The van der Waals surface area contributed by atoms with Crippen molar-refractivity contribution in [2.75, 3.05) is 19.5 Å². The minimum atomic E-state index is -0.353. The molecular formula is C21H20N2O5S. The zero-order chi connectivity index (χ0) is 20.8. The molecule has 29 heavy (non-hydrogen) atoms. The molecule has 7 nitrogen and oxygen atoms in total. The smallest absolute Gasteiger partial charge is 0.257 e. The molecule has 0 saturated carbocycles. The Morgan fingerprint density at radius 3 is 2.62 bits per heavy atom. The summed E-state index contributed by atoms with van der Waals surface area (Å²) in [6, 6.07) is 15.5. The summed E-state index contributed by atoms with van der Waals surface area (Å²) in [4.78, 5) is 12.4. The second kappa shape index (κ2) is 9.22. The Balaban J connectivity index is 1.74. The quantitative estimate of drug-likeness (QED) is 0.533. The van der Waals surface area contributed by atoms with Gasteiger partial charge in [-0.05, 0) is 60.7 Å². The van der Waals surface area contributed by atoms with Crippen LogP contribution in [0.4, 0.5) is 5.69 Å². The third kappa shape index (κ3) is 4.92. The highest BCUT2D eigenvalue weighted by Crippen LogP contribution is 2.33. The van der Waals surface area contributed by atoms with Gasteiger partial charge in [-0.3, -0.25) is 10.1 Å². The Hall–Kier alpha value is -3.36. The number of methoxy groups -OCH3 is 2.